The van der Waals surface area contributed by atoms with Gasteiger partial charge in [0.1, 0.15) is 5.75 Å². The molecule has 0 aromatic heterocycles. The Kier molecular flexibility index (Phi) is 4.28. The molecular weight excluding hydrogens is 292 g/mol. The highest BCUT2D eigenvalue weighted by molar-refractivity contribution is 5.94. The molecule has 0 fully saturated rings. The second kappa shape index (κ2) is 6.52. The number of amides is 2. The summed E-state index contributed by atoms with van der Waals surface area (Å²) in [6.45, 7) is 0.958. The fraction of sp³-hybridized carbons (Fsp3) is 0.222. The second-order valence-electron chi connectivity index (χ2n) is 5.43. The summed E-state index contributed by atoms with van der Waals surface area (Å²) in [5, 5.41) is 2.60. The SMILES string of the molecule is CNC(=O)c1ccc2c(c1)CN(Cc1ccccc1)C(=O)CO2. The van der Waals surface area contributed by atoms with Crippen LogP contribution in [0.2, 0.25) is 0 Å². The summed E-state index contributed by atoms with van der Waals surface area (Å²) in [4.78, 5) is 25.8. The number of benzene rings is 2. The number of fused-ring (bicyclic) bond motifs is 1. The van der Waals surface area contributed by atoms with Gasteiger partial charge in [0.15, 0.2) is 6.61 Å². The van der Waals surface area contributed by atoms with Crippen LogP contribution >= 0.6 is 0 Å². The molecule has 1 aliphatic rings. The molecule has 0 aliphatic carbocycles. The second-order valence-corrected chi connectivity index (χ2v) is 5.43. The summed E-state index contributed by atoms with van der Waals surface area (Å²) < 4.78 is 5.57. The van der Waals surface area contributed by atoms with Crippen molar-refractivity contribution in [3.05, 3.63) is 65.2 Å². The highest BCUT2D eigenvalue weighted by atomic mass is 16.5. The van der Waals surface area contributed by atoms with Crippen LogP contribution in [0.1, 0.15) is 21.5 Å². The van der Waals surface area contributed by atoms with Crippen LogP contribution in [-0.4, -0.2) is 30.4 Å². The van der Waals surface area contributed by atoms with E-state index in [1.807, 2.05) is 30.3 Å². The van der Waals surface area contributed by atoms with Gasteiger partial charge in [-0.3, -0.25) is 9.59 Å². The van der Waals surface area contributed by atoms with E-state index in [9.17, 15) is 9.59 Å². The maximum atomic E-state index is 12.3. The first kappa shape index (κ1) is 15.1. The highest BCUT2D eigenvalue weighted by Crippen LogP contribution is 2.25. The van der Waals surface area contributed by atoms with Crippen molar-refractivity contribution in [3.63, 3.8) is 0 Å². The number of ether oxygens (including phenoxy) is 1. The third-order valence-corrected chi connectivity index (χ3v) is 3.83. The minimum absolute atomic E-state index is 0.0131. The summed E-state index contributed by atoms with van der Waals surface area (Å²) >= 11 is 0. The van der Waals surface area contributed by atoms with Gasteiger partial charge >= 0.3 is 0 Å². The molecule has 0 saturated heterocycles. The first-order chi connectivity index (χ1) is 11.2. The van der Waals surface area contributed by atoms with Crippen LogP contribution < -0.4 is 10.1 Å². The number of carbonyl (C=O) groups is 2. The van der Waals surface area contributed by atoms with E-state index in [1.54, 1.807) is 30.1 Å². The number of hydrogen-bond acceptors (Lipinski definition) is 3. The maximum absolute atomic E-state index is 12.3. The first-order valence-corrected chi connectivity index (χ1v) is 7.47. The summed E-state index contributed by atoms with van der Waals surface area (Å²) in [6, 6.07) is 15.1. The Morgan fingerprint density at radius 2 is 2.00 bits per heavy atom. The van der Waals surface area contributed by atoms with Gasteiger partial charge in [-0.05, 0) is 23.8 Å². The van der Waals surface area contributed by atoms with Crippen molar-refractivity contribution in [2.24, 2.45) is 0 Å². The van der Waals surface area contributed by atoms with Crippen molar-refractivity contribution in [1.82, 2.24) is 10.2 Å². The Hall–Kier alpha value is -2.82. The number of hydrogen-bond donors (Lipinski definition) is 1. The monoisotopic (exact) mass is 310 g/mol. The van der Waals surface area contributed by atoms with Gasteiger partial charge in [-0.25, -0.2) is 0 Å². The molecule has 0 bridgehead atoms. The fourth-order valence-electron chi connectivity index (χ4n) is 2.60. The minimum Gasteiger partial charge on any atom is -0.483 e. The minimum atomic E-state index is -0.155. The zero-order chi connectivity index (χ0) is 16.2. The van der Waals surface area contributed by atoms with Crippen LogP contribution in [-0.2, 0) is 17.9 Å². The van der Waals surface area contributed by atoms with E-state index in [-0.39, 0.29) is 18.4 Å². The van der Waals surface area contributed by atoms with Gasteiger partial charge in [-0.1, -0.05) is 30.3 Å². The molecule has 1 heterocycles. The molecule has 0 radical (unpaired) electrons. The molecule has 2 amide bonds. The van der Waals surface area contributed by atoms with Crippen molar-refractivity contribution < 1.29 is 14.3 Å². The quantitative estimate of drug-likeness (QED) is 0.943. The highest BCUT2D eigenvalue weighted by Gasteiger charge is 2.22. The Bertz CT molecular complexity index is 728. The fourth-order valence-corrected chi connectivity index (χ4v) is 2.60. The van der Waals surface area contributed by atoms with Crippen molar-refractivity contribution in [2.75, 3.05) is 13.7 Å². The lowest BCUT2D eigenvalue weighted by molar-refractivity contribution is -0.133. The third kappa shape index (κ3) is 3.34. The molecule has 23 heavy (non-hydrogen) atoms. The molecule has 1 N–H and O–H groups in total. The third-order valence-electron chi connectivity index (χ3n) is 3.83. The van der Waals surface area contributed by atoms with Crippen molar-refractivity contribution in [1.29, 1.82) is 0 Å². The van der Waals surface area contributed by atoms with Gasteiger partial charge in [0.2, 0.25) is 0 Å². The van der Waals surface area contributed by atoms with E-state index < -0.39 is 0 Å². The smallest absolute Gasteiger partial charge is 0.261 e. The first-order valence-electron chi connectivity index (χ1n) is 7.47. The Morgan fingerprint density at radius 1 is 1.22 bits per heavy atom. The molecule has 0 saturated carbocycles. The molecule has 2 aromatic carbocycles. The van der Waals surface area contributed by atoms with E-state index in [0.717, 1.165) is 11.1 Å². The van der Waals surface area contributed by atoms with E-state index in [0.29, 0.717) is 24.4 Å². The van der Waals surface area contributed by atoms with Gasteiger partial charge in [0.25, 0.3) is 11.8 Å². The Balaban J connectivity index is 1.87. The van der Waals surface area contributed by atoms with Crippen molar-refractivity contribution in [2.45, 2.75) is 13.1 Å². The largest absolute Gasteiger partial charge is 0.483 e. The van der Waals surface area contributed by atoms with Gasteiger partial charge < -0.3 is 15.0 Å². The van der Waals surface area contributed by atoms with E-state index in [2.05, 4.69) is 5.32 Å². The van der Waals surface area contributed by atoms with Crippen LogP contribution in [0.3, 0.4) is 0 Å². The predicted molar refractivity (Wildman–Crippen MR) is 86.0 cm³/mol. The molecule has 3 rings (SSSR count). The average molecular weight is 310 g/mol. The van der Waals surface area contributed by atoms with E-state index in [1.165, 1.54) is 0 Å². The molecule has 2 aromatic rings. The molecule has 1 aliphatic heterocycles. The van der Waals surface area contributed by atoms with E-state index in [4.69, 9.17) is 4.74 Å². The normalized spacial score (nSPS) is 13.8. The lowest BCUT2D eigenvalue weighted by Gasteiger charge is -2.20. The molecule has 0 atom stereocenters. The molecule has 0 spiro atoms. The van der Waals surface area contributed by atoms with E-state index >= 15 is 0 Å². The Morgan fingerprint density at radius 3 is 2.74 bits per heavy atom. The van der Waals surface area contributed by atoms with Crippen molar-refractivity contribution >= 4 is 11.8 Å². The standard InChI is InChI=1S/C18H18N2O3/c1-19-18(22)14-7-8-16-15(9-14)11-20(17(21)12-23-16)10-13-5-3-2-4-6-13/h2-9H,10-12H2,1H3,(H,19,22). The molecule has 118 valence electrons. The van der Waals surface area contributed by atoms with Crippen LogP contribution in [0.5, 0.6) is 5.75 Å². The van der Waals surface area contributed by atoms with Crippen molar-refractivity contribution in [3.8, 4) is 5.75 Å². The summed E-state index contributed by atoms with van der Waals surface area (Å²) in [6.07, 6.45) is 0. The lowest BCUT2D eigenvalue weighted by atomic mass is 10.1. The average Bonchev–Trinajstić information content (AvgIpc) is 2.74. The summed E-state index contributed by atoms with van der Waals surface area (Å²) in [5.74, 6) is 0.436. The molecule has 5 nitrogen and oxygen atoms in total. The topological polar surface area (TPSA) is 58.6 Å². The van der Waals surface area contributed by atoms with Crippen LogP contribution in [0, 0.1) is 0 Å². The number of carbonyl (C=O) groups excluding carboxylic acids is 2. The van der Waals surface area contributed by atoms with Crippen LogP contribution in [0.25, 0.3) is 0 Å². The predicted octanol–water partition coefficient (Wildman–Crippen LogP) is 1.97. The van der Waals surface area contributed by atoms with Gasteiger partial charge in [-0.15, -0.1) is 0 Å². The lowest BCUT2D eigenvalue weighted by Crippen LogP contribution is -2.31. The zero-order valence-electron chi connectivity index (χ0n) is 12.9. The van der Waals surface area contributed by atoms with Gasteiger partial charge in [0.05, 0.1) is 0 Å². The van der Waals surface area contributed by atoms with Gasteiger partial charge in [-0.2, -0.15) is 0 Å². The zero-order valence-corrected chi connectivity index (χ0v) is 12.9. The molecule has 0 unspecified atom stereocenters. The molecule has 5 heteroatoms. The number of rotatable bonds is 3. The van der Waals surface area contributed by atoms with Crippen LogP contribution in [0.15, 0.2) is 48.5 Å². The summed E-state index contributed by atoms with van der Waals surface area (Å²) in [5.41, 5.74) is 2.46. The summed E-state index contributed by atoms with van der Waals surface area (Å²) in [7, 11) is 1.59. The Labute approximate surface area is 134 Å². The van der Waals surface area contributed by atoms with Gasteiger partial charge in [0, 0.05) is 31.3 Å². The number of nitrogens with zero attached hydrogens (tertiary/aromatic N) is 1. The molecular formula is C18H18N2O3. The maximum Gasteiger partial charge on any atom is 0.261 e. The number of nitrogens with one attached hydrogen (secondary N) is 1. The van der Waals surface area contributed by atoms with Crippen LogP contribution in [0.4, 0.5) is 0 Å².